The smallest absolute Gasteiger partial charge is 0.330 e. The Labute approximate surface area is 89.6 Å². The lowest BCUT2D eigenvalue weighted by Gasteiger charge is -2.22. The minimum Gasteiger partial charge on any atom is -0.467 e. The van der Waals surface area contributed by atoms with E-state index in [9.17, 15) is 9.59 Å². The number of amides is 1. The van der Waals surface area contributed by atoms with E-state index < -0.39 is 12.0 Å². The largest absolute Gasteiger partial charge is 0.467 e. The first-order chi connectivity index (χ1) is 7.04. The summed E-state index contributed by atoms with van der Waals surface area (Å²) in [6, 6.07) is -0.204. The maximum absolute atomic E-state index is 11.5. The van der Waals surface area contributed by atoms with Gasteiger partial charge in [0.05, 0.1) is 7.11 Å². The van der Waals surface area contributed by atoms with Gasteiger partial charge in [0.2, 0.25) is 5.91 Å². The molecule has 86 valence electrons. The minimum atomic E-state index is -0.572. The molecule has 1 aliphatic rings. The summed E-state index contributed by atoms with van der Waals surface area (Å²) in [6.07, 6.45) is 1.89. The highest BCUT2D eigenvalue weighted by Crippen LogP contribution is 2.15. The molecule has 0 aliphatic carbocycles. The number of esters is 1. The summed E-state index contributed by atoms with van der Waals surface area (Å²) < 4.78 is 4.67. The number of nitrogens with one attached hydrogen (secondary N) is 2. The molecule has 1 aliphatic heterocycles. The molecule has 0 bridgehead atoms. The summed E-state index contributed by atoms with van der Waals surface area (Å²) in [5.41, 5.74) is 0. The van der Waals surface area contributed by atoms with Crippen LogP contribution in [-0.2, 0) is 14.3 Å². The molecule has 2 N–H and O–H groups in total. The molecule has 0 aromatic heterocycles. The molecular formula is C10H18N2O3. The van der Waals surface area contributed by atoms with E-state index in [0.717, 1.165) is 12.8 Å². The molecule has 1 saturated heterocycles. The van der Waals surface area contributed by atoms with Gasteiger partial charge in [-0.05, 0) is 19.8 Å². The summed E-state index contributed by atoms with van der Waals surface area (Å²) in [5.74, 6) is -0.608. The van der Waals surface area contributed by atoms with Gasteiger partial charge in [0.1, 0.15) is 6.04 Å². The Morgan fingerprint density at radius 2 is 2.13 bits per heavy atom. The van der Waals surface area contributed by atoms with Crippen LogP contribution in [0.25, 0.3) is 0 Å². The number of hydrogen-bond acceptors (Lipinski definition) is 4. The Kier molecular flexibility index (Phi) is 4.08. The van der Waals surface area contributed by atoms with Crippen LogP contribution in [0.3, 0.4) is 0 Å². The zero-order chi connectivity index (χ0) is 11.4. The molecule has 5 heteroatoms. The van der Waals surface area contributed by atoms with E-state index in [-0.39, 0.29) is 11.9 Å². The van der Waals surface area contributed by atoms with E-state index in [1.165, 1.54) is 14.0 Å². The predicted molar refractivity (Wildman–Crippen MR) is 55.2 cm³/mol. The zero-order valence-electron chi connectivity index (χ0n) is 9.37. The first-order valence-electron chi connectivity index (χ1n) is 5.15. The van der Waals surface area contributed by atoms with Crippen molar-refractivity contribution in [3.63, 3.8) is 0 Å². The molecule has 15 heavy (non-hydrogen) atoms. The summed E-state index contributed by atoms with van der Waals surface area (Å²) in [4.78, 5) is 22.4. The fraction of sp³-hybridized carbons (Fsp3) is 0.800. The van der Waals surface area contributed by atoms with Crippen LogP contribution in [0.15, 0.2) is 0 Å². The molecule has 0 aromatic rings. The van der Waals surface area contributed by atoms with E-state index >= 15 is 0 Å². The number of hydrogen-bond donors (Lipinski definition) is 2. The van der Waals surface area contributed by atoms with Crippen molar-refractivity contribution in [1.82, 2.24) is 10.6 Å². The van der Waals surface area contributed by atoms with Crippen LogP contribution in [0, 0.1) is 0 Å². The Morgan fingerprint density at radius 3 is 2.53 bits per heavy atom. The minimum absolute atomic E-state index is 0.0173. The molecule has 5 nitrogen and oxygen atoms in total. The molecule has 0 spiro atoms. The fourth-order valence-electron chi connectivity index (χ4n) is 1.89. The molecule has 1 rings (SSSR count). The molecular weight excluding hydrogens is 196 g/mol. The van der Waals surface area contributed by atoms with Crippen LogP contribution in [0.1, 0.15) is 26.7 Å². The van der Waals surface area contributed by atoms with Gasteiger partial charge >= 0.3 is 5.97 Å². The second kappa shape index (κ2) is 5.11. The van der Waals surface area contributed by atoms with Gasteiger partial charge in [-0.3, -0.25) is 4.79 Å². The zero-order valence-corrected chi connectivity index (χ0v) is 9.37. The van der Waals surface area contributed by atoms with Crippen molar-refractivity contribution in [2.45, 2.75) is 44.8 Å². The lowest BCUT2D eigenvalue weighted by Crippen LogP contribution is -2.52. The topological polar surface area (TPSA) is 67.4 Å². The fourth-order valence-corrected chi connectivity index (χ4v) is 1.89. The van der Waals surface area contributed by atoms with Gasteiger partial charge in [0.15, 0.2) is 0 Å². The van der Waals surface area contributed by atoms with Crippen molar-refractivity contribution in [3.05, 3.63) is 0 Å². The monoisotopic (exact) mass is 214 g/mol. The number of carbonyl (C=O) groups is 2. The highest BCUT2D eigenvalue weighted by molar-refractivity contribution is 5.83. The van der Waals surface area contributed by atoms with E-state index in [0.29, 0.717) is 6.04 Å². The van der Waals surface area contributed by atoms with Crippen LogP contribution < -0.4 is 10.6 Å². The van der Waals surface area contributed by atoms with Gasteiger partial charge in [0.25, 0.3) is 0 Å². The van der Waals surface area contributed by atoms with Crippen LogP contribution in [0.2, 0.25) is 0 Å². The third kappa shape index (κ3) is 3.20. The second-order valence-electron chi connectivity index (χ2n) is 3.95. The molecule has 1 fully saturated rings. The van der Waals surface area contributed by atoms with Gasteiger partial charge in [-0.25, -0.2) is 4.79 Å². The van der Waals surface area contributed by atoms with Crippen molar-refractivity contribution in [3.8, 4) is 0 Å². The molecule has 1 heterocycles. The first kappa shape index (κ1) is 12.0. The third-order valence-corrected chi connectivity index (χ3v) is 2.63. The normalized spacial score (nSPS) is 27.1. The van der Waals surface area contributed by atoms with E-state index in [1.54, 1.807) is 0 Å². The van der Waals surface area contributed by atoms with Crippen LogP contribution in [0.5, 0.6) is 0 Å². The SMILES string of the molecule is COC(=O)C(NC(C)=O)C1CCC(C)N1. The predicted octanol–water partition coefficient (Wildman–Crippen LogP) is -0.195. The molecule has 0 radical (unpaired) electrons. The van der Waals surface area contributed by atoms with Gasteiger partial charge < -0.3 is 15.4 Å². The Hall–Kier alpha value is -1.10. The standard InChI is InChI=1S/C10H18N2O3/c1-6-4-5-8(11-6)9(10(14)15-3)12-7(2)13/h6,8-9,11H,4-5H2,1-3H3,(H,12,13). The molecule has 1 amide bonds. The summed E-state index contributed by atoms with van der Waals surface area (Å²) in [7, 11) is 1.33. The van der Waals surface area contributed by atoms with E-state index in [4.69, 9.17) is 0 Å². The Morgan fingerprint density at radius 1 is 1.47 bits per heavy atom. The van der Waals surface area contributed by atoms with Crippen molar-refractivity contribution in [2.75, 3.05) is 7.11 Å². The van der Waals surface area contributed by atoms with Gasteiger partial charge in [-0.15, -0.1) is 0 Å². The molecule has 0 saturated carbocycles. The first-order valence-corrected chi connectivity index (χ1v) is 5.15. The average molecular weight is 214 g/mol. The summed E-state index contributed by atoms with van der Waals surface area (Å²) in [5, 5.41) is 5.88. The van der Waals surface area contributed by atoms with Crippen molar-refractivity contribution in [1.29, 1.82) is 0 Å². The third-order valence-electron chi connectivity index (χ3n) is 2.63. The van der Waals surface area contributed by atoms with Crippen LogP contribution in [0.4, 0.5) is 0 Å². The lowest BCUT2D eigenvalue weighted by atomic mass is 10.1. The highest BCUT2D eigenvalue weighted by atomic mass is 16.5. The van der Waals surface area contributed by atoms with E-state index in [1.807, 2.05) is 0 Å². The van der Waals surface area contributed by atoms with Gasteiger partial charge in [-0.2, -0.15) is 0 Å². The molecule has 3 atom stereocenters. The lowest BCUT2D eigenvalue weighted by molar-refractivity contribution is -0.145. The molecule has 0 aromatic carbocycles. The Bertz CT molecular complexity index is 255. The number of rotatable bonds is 3. The summed E-state index contributed by atoms with van der Waals surface area (Å²) >= 11 is 0. The van der Waals surface area contributed by atoms with E-state index in [2.05, 4.69) is 22.3 Å². The van der Waals surface area contributed by atoms with Crippen LogP contribution in [-0.4, -0.2) is 37.1 Å². The number of methoxy groups -OCH3 is 1. The molecule has 3 unspecified atom stereocenters. The van der Waals surface area contributed by atoms with Crippen molar-refractivity contribution >= 4 is 11.9 Å². The van der Waals surface area contributed by atoms with Gasteiger partial charge in [-0.1, -0.05) is 0 Å². The number of carbonyl (C=O) groups excluding carboxylic acids is 2. The maximum Gasteiger partial charge on any atom is 0.330 e. The van der Waals surface area contributed by atoms with Gasteiger partial charge in [0, 0.05) is 19.0 Å². The second-order valence-corrected chi connectivity index (χ2v) is 3.95. The highest BCUT2D eigenvalue weighted by Gasteiger charge is 2.34. The van der Waals surface area contributed by atoms with Crippen molar-refractivity contribution < 1.29 is 14.3 Å². The van der Waals surface area contributed by atoms with Crippen molar-refractivity contribution in [2.24, 2.45) is 0 Å². The summed E-state index contributed by atoms with van der Waals surface area (Å²) in [6.45, 7) is 3.45. The number of ether oxygens (including phenoxy) is 1. The average Bonchev–Trinajstić information content (AvgIpc) is 2.59. The Balaban J connectivity index is 2.63. The maximum atomic E-state index is 11.5. The van der Waals surface area contributed by atoms with Crippen LogP contribution >= 0.6 is 0 Å². The quantitative estimate of drug-likeness (QED) is 0.639.